The molecule has 0 aromatic rings. The van der Waals surface area contributed by atoms with Crippen molar-refractivity contribution in [3.8, 4) is 0 Å². The summed E-state index contributed by atoms with van der Waals surface area (Å²) in [7, 11) is 0. The first-order valence-corrected chi connectivity index (χ1v) is 14.1. The number of hydrogen-bond donors (Lipinski definition) is 0. The number of rotatable bonds is 2. The summed E-state index contributed by atoms with van der Waals surface area (Å²) in [6.45, 7) is 16.8. The van der Waals surface area contributed by atoms with E-state index in [0.717, 1.165) is 56.3 Å². The number of esters is 1. The molecule has 4 aliphatic carbocycles. The highest BCUT2D eigenvalue weighted by atomic mass is 16.6. The molecule has 0 aromatic heterocycles. The largest absolute Gasteiger partial charge is 0.459 e. The first kappa shape index (κ1) is 22.9. The smallest absolute Gasteiger partial charge is 0.312 e. The molecule has 3 heteroatoms. The molecule has 4 saturated carbocycles. The second-order valence-electron chi connectivity index (χ2n) is 15.7. The average molecular weight is 457 g/mol. The van der Waals surface area contributed by atoms with Gasteiger partial charge in [-0.25, -0.2) is 0 Å². The van der Waals surface area contributed by atoms with E-state index >= 15 is 0 Å². The van der Waals surface area contributed by atoms with E-state index in [2.05, 4.69) is 48.5 Å². The molecule has 3 nitrogen and oxygen atoms in total. The maximum atomic E-state index is 14.0. The van der Waals surface area contributed by atoms with Crippen LogP contribution in [0.4, 0.5) is 0 Å². The Morgan fingerprint density at radius 1 is 0.697 bits per heavy atom. The van der Waals surface area contributed by atoms with Crippen LogP contribution in [-0.4, -0.2) is 23.3 Å². The van der Waals surface area contributed by atoms with Crippen LogP contribution in [0.5, 0.6) is 0 Å². The van der Waals surface area contributed by atoms with Gasteiger partial charge in [0.2, 0.25) is 0 Å². The lowest BCUT2D eigenvalue weighted by Crippen LogP contribution is -2.60. The lowest BCUT2D eigenvalue weighted by Gasteiger charge is -2.59. The maximum Gasteiger partial charge on any atom is 0.312 e. The highest BCUT2D eigenvalue weighted by Gasteiger charge is 2.65. The molecule has 0 spiro atoms. The van der Waals surface area contributed by atoms with Crippen molar-refractivity contribution in [3.63, 3.8) is 0 Å². The van der Waals surface area contributed by atoms with E-state index in [4.69, 9.17) is 9.47 Å². The lowest BCUT2D eigenvalue weighted by atomic mass is 9.47. The van der Waals surface area contributed by atoms with E-state index in [-0.39, 0.29) is 28.7 Å². The summed E-state index contributed by atoms with van der Waals surface area (Å²) in [5, 5.41) is 0. The molecule has 9 atom stereocenters. The highest BCUT2D eigenvalue weighted by Crippen LogP contribution is 2.70. The Morgan fingerprint density at radius 2 is 1.30 bits per heavy atom. The summed E-state index contributed by atoms with van der Waals surface area (Å²) in [6, 6.07) is 0. The van der Waals surface area contributed by atoms with Crippen molar-refractivity contribution < 1.29 is 14.3 Å². The molecule has 186 valence electrons. The van der Waals surface area contributed by atoms with Gasteiger partial charge in [-0.1, -0.05) is 34.6 Å². The Bertz CT molecular complexity index is 861. The zero-order chi connectivity index (χ0) is 23.7. The van der Waals surface area contributed by atoms with Crippen molar-refractivity contribution >= 4 is 5.97 Å². The van der Waals surface area contributed by atoms with Gasteiger partial charge < -0.3 is 9.47 Å². The van der Waals surface area contributed by atoms with E-state index < -0.39 is 0 Å². The molecule has 2 aliphatic heterocycles. The van der Waals surface area contributed by atoms with Crippen molar-refractivity contribution in [2.45, 2.75) is 136 Å². The van der Waals surface area contributed by atoms with Crippen LogP contribution in [0.1, 0.15) is 119 Å². The second kappa shape index (κ2) is 6.60. The van der Waals surface area contributed by atoms with Crippen LogP contribution < -0.4 is 0 Å². The van der Waals surface area contributed by atoms with Crippen LogP contribution >= 0.6 is 0 Å². The van der Waals surface area contributed by atoms with Gasteiger partial charge >= 0.3 is 5.97 Å². The highest BCUT2D eigenvalue weighted by molar-refractivity contribution is 5.78. The van der Waals surface area contributed by atoms with E-state index in [9.17, 15) is 4.79 Å². The van der Waals surface area contributed by atoms with Gasteiger partial charge in [-0.15, -0.1) is 0 Å². The predicted molar refractivity (Wildman–Crippen MR) is 131 cm³/mol. The molecule has 6 rings (SSSR count). The monoisotopic (exact) mass is 456 g/mol. The van der Waals surface area contributed by atoms with Gasteiger partial charge in [0, 0.05) is 0 Å². The third-order valence-corrected chi connectivity index (χ3v) is 12.7. The zero-order valence-corrected chi connectivity index (χ0v) is 22.4. The quantitative estimate of drug-likeness (QED) is 0.408. The molecule has 0 N–H and O–H groups in total. The topological polar surface area (TPSA) is 35.5 Å². The van der Waals surface area contributed by atoms with Crippen LogP contribution in [0.25, 0.3) is 0 Å². The number of ether oxygens (including phenoxy) is 2. The molecular formula is C30H48O3. The van der Waals surface area contributed by atoms with Crippen molar-refractivity contribution in [1.82, 2.24) is 0 Å². The van der Waals surface area contributed by atoms with Crippen molar-refractivity contribution in [2.75, 3.05) is 0 Å². The molecule has 4 bridgehead atoms. The van der Waals surface area contributed by atoms with Gasteiger partial charge in [-0.2, -0.15) is 0 Å². The summed E-state index contributed by atoms with van der Waals surface area (Å²) in [4.78, 5) is 14.0. The van der Waals surface area contributed by atoms with E-state index in [1.54, 1.807) is 0 Å². The molecule has 6 aliphatic rings. The summed E-state index contributed by atoms with van der Waals surface area (Å²) in [6.07, 6.45) is 12.3. The van der Waals surface area contributed by atoms with E-state index in [1.165, 1.54) is 32.1 Å². The molecule has 6 fully saturated rings. The van der Waals surface area contributed by atoms with Gasteiger partial charge in [-0.3, -0.25) is 4.79 Å². The minimum Gasteiger partial charge on any atom is -0.459 e. The average Bonchev–Trinajstić information content (AvgIpc) is 2.96. The van der Waals surface area contributed by atoms with Crippen LogP contribution in [0.15, 0.2) is 0 Å². The summed E-state index contributed by atoms with van der Waals surface area (Å²) >= 11 is 0. The Labute approximate surface area is 202 Å². The normalized spacial score (nSPS) is 55.7. The predicted octanol–water partition coefficient (Wildman–Crippen LogP) is 7.31. The summed E-state index contributed by atoms with van der Waals surface area (Å²) < 4.78 is 13.5. The van der Waals surface area contributed by atoms with Crippen LogP contribution in [-0.2, 0) is 14.3 Å². The van der Waals surface area contributed by atoms with Gasteiger partial charge in [-0.05, 0) is 124 Å². The maximum absolute atomic E-state index is 14.0. The third kappa shape index (κ3) is 3.05. The number of fused-ring (bicyclic) bond motifs is 8. The fourth-order valence-electron chi connectivity index (χ4n) is 10.5. The molecule has 33 heavy (non-hydrogen) atoms. The van der Waals surface area contributed by atoms with Crippen molar-refractivity contribution in [2.24, 2.45) is 45.3 Å². The minimum atomic E-state index is -0.333. The van der Waals surface area contributed by atoms with Gasteiger partial charge in [0.25, 0.3) is 0 Å². The Balaban J connectivity index is 1.21. The molecule has 0 aromatic carbocycles. The van der Waals surface area contributed by atoms with Crippen LogP contribution in [0.3, 0.4) is 0 Å². The zero-order valence-electron chi connectivity index (χ0n) is 22.4. The van der Waals surface area contributed by atoms with Crippen molar-refractivity contribution in [3.05, 3.63) is 0 Å². The fourth-order valence-corrected chi connectivity index (χ4v) is 10.5. The summed E-state index contributed by atoms with van der Waals surface area (Å²) in [5.41, 5.74) is 0.578. The lowest BCUT2D eigenvalue weighted by molar-refractivity contribution is -0.260. The molecule has 2 saturated heterocycles. The van der Waals surface area contributed by atoms with E-state index in [0.29, 0.717) is 22.2 Å². The van der Waals surface area contributed by atoms with Gasteiger partial charge in [0.05, 0.1) is 11.0 Å². The Hall–Kier alpha value is -0.570. The van der Waals surface area contributed by atoms with Gasteiger partial charge in [0.15, 0.2) is 0 Å². The summed E-state index contributed by atoms with van der Waals surface area (Å²) in [5.74, 6) is 3.13. The SMILES string of the molecule is CC1(C)C[C@H]2[C@H]1CC[C@]1(C(=O)O[C@@H]3CC[C@@]4(C)O[C@]3(C)CC[C@@H]3[C@@H]4CC3(C)C)CC[C@@]2(C)C1. The van der Waals surface area contributed by atoms with Gasteiger partial charge in [0.1, 0.15) is 11.7 Å². The Kier molecular flexibility index (Phi) is 4.57. The number of hydrogen-bond acceptors (Lipinski definition) is 3. The van der Waals surface area contributed by atoms with E-state index in [1.807, 2.05) is 0 Å². The molecule has 0 amide bonds. The van der Waals surface area contributed by atoms with Crippen molar-refractivity contribution in [1.29, 1.82) is 0 Å². The molecular weight excluding hydrogens is 408 g/mol. The molecule has 0 radical (unpaired) electrons. The minimum absolute atomic E-state index is 0.0499. The third-order valence-electron chi connectivity index (χ3n) is 12.7. The Morgan fingerprint density at radius 3 is 2.00 bits per heavy atom. The first-order valence-electron chi connectivity index (χ1n) is 14.1. The first-order chi connectivity index (χ1) is 15.2. The number of carbonyl (C=O) groups is 1. The molecule has 2 heterocycles. The van der Waals surface area contributed by atoms with Crippen LogP contribution in [0, 0.1) is 45.3 Å². The number of carbonyl (C=O) groups excluding carboxylic acids is 1. The fraction of sp³-hybridized carbons (Fsp3) is 0.967. The molecule has 0 unspecified atom stereocenters. The van der Waals surface area contributed by atoms with Crippen LogP contribution in [0.2, 0.25) is 0 Å². The standard InChI is InChI=1S/C30H48O3/c1-25(2)16-21-19(25)9-13-30(15-14-27(21,5)18-30)24(31)32-23-10-12-28(6)22-17-26(3,4)20(22)8-11-29(23,7)33-28/h19-23H,8-18H2,1-7H3/t19-,20-,21+,22+,23-,27+,28-,29-,30+/m1/s1. The second-order valence-corrected chi connectivity index (χ2v) is 15.7.